The highest BCUT2D eigenvalue weighted by Gasteiger charge is 2.23. The Labute approximate surface area is 80.8 Å². The number of anilines is 1. The molecule has 0 aromatic carbocycles. The molecular formula is C9H10FN3O. The van der Waals surface area contributed by atoms with Crippen LogP contribution in [-0.4, -0.2) is 35.5 Å². The van der Waals surface area contributed by atoms with Gasteiger partial charge in [-0.1, -0.05) is 0 Å². The summed E-state index contributed by atoms with van der Waals surface area (Å²) in [4.78, 5) is 20.1. The van der Waals surface area contributed by atoms with Crippen molar-refractivity contribution >= 4 is 12.2 Å². The maximum Gasteiger partial charge on any atom is 0.225 e. The van der Waals surface area contributed by atoms with E-state index in [0.717, 1.165) is 0 Å². The van der Waals surface area contributed by atoms with Gasteiger partial charge in [-0.05, 0) is 6.42 Å². The van der Waals surface area contributed by atoms with Gasteiger partial charge in [-0.3, -0.25) is 4.79 Å². The molecule has 4 nitrogen and oxygen atoms in total. The van der Waals surface area contributed by atoms with Crippen molar-refractivity contribution in [3.05, 3.63) is 18.0 Å². The van der Waals surface area contributed by atoms with Gasteiger partial charge in [0.25, 0.3) is 0 Å². The molecule has 0 amide bonds. The smallest absolute Gasteiger partial charge is 0.225 e. The van der Waals surface area contributed by atoms with E-state index in [1.165, 1.54) is 12.4 Å². The molecule has 14 heavy (non-hydrogen) atoms. The maximum atomic E-state index is 12.9. The summed E-state index contributed by atoms with van der Waals surface area (Å²) in [5.41, 5.74) is 0.435. The molecule has 0 aliphatic carbocycles. The third kappa shape index (κ3) is 1.71. The highest BCUT2D eigenvalue weighted by atomic mass is 19.1. The van der Waals surface area contributed by atoms with Gasteiger partial charge < -0.3 is 4.90 Å². The van der Waals surface area contributed by atoms with Gasteiger partial charge in [0.05, 0.1) is 12.1 Å². The van der Waals surface area contributed by atoms with Crippen LogP contribution in [0.25, 0.3) is 0 Å². The Morgan fingerprint density at radius 1 is 1.50 bits per heavy atom. The van der Waals surface area contributed by atoms with Gasteiger partial charge >= 0.3 is 0 Å². The predicted molar refractivity (Wildman–Crippen MR) is 49.1 cm³/mol. The van der Waals surface area contributed by atoms with Gasteiger partial charge in [0.1, 0.15) is 6.17 Å². The van der Waals surface area contributed by atoms with Crippen LogP contribution in [0.15, 0.2) is 12.4 Å². The van der Waals surface area contributed by atoms with E-state index in [2.05, 4.69) is 9.97 Å². The number of alkyl halides is 1. The van der Waals surface area contributed by atoms with Crippen LogP contribution in [0.2, 0.25) is 0 Å². The maximum absolute atomic E-state index is 12.9. The van der Waals surface area contributed by atoms with Crippen LogP contribution in [0.3, 0.4) is 0 Å². The van der Waals surface area contributed by atoms with Crippen molar-refractivity contribution in [3.63, 3.8) is 0 Å². The molecule has 0 spiro atoms. The van der Waals surface area contributed by atoms with Crippen LogP contribution in [0.5, 0.6) is 0 Å². The molecule has 1 unspecified atom stereocenters. The average molecular weight is 195 g/mol. The molecule has 0 saturated carbocycles. The minimum Gasteiger partial charge on any atom is -0.338 e. The Morgan fingerprint density at radius 2 is 2.21 bits per heavy atom. The number of carbonyl (C=O) groups excluding carboxylic acids is 1. The second kappa shape index (κ2) is 3.69. The molecule has 2 rings (SSSR count). The summed E-state index contributed by atoms with van der Waals surface area (Å²) in [7, 11) is 0. The van der Waals surface area contributed by atoms with Gasteiger partial charge in [-0.2, -0.15) is 0 Å². The Balaban J connectivity index is 2.13. The summed E-state index contributed by atoms with van der Waals surface area (Å²) in [5, 5.41) is 0. The molecule has 1 aromatic rings. The third-order valence-corrected chi connectivity index (χ3v) is 2.21. The van der Waals surface area contributed by atoms with Crippen molar-refractivity contribution in [2.75, 3.05) is 18.0 Å². The second-order valence-corrected chi connectivity index (χ2v) is 3.27. The first kappa shape index (κ1) is 9.05. The molecule has 0 radical (unpaired) electrons. The lowest BCUT2D eigenvalue weighted by atomic mass is 10.3. The highest BCUT2D eigenvalue weighted by molar-refractivity contribution is 5.73. The lowest BCUT2D eigenvalue weighted by Crippen LogP contribution is -2.22. The summed E-state index contributed by atoms with van der Waals surface area (Å²) >= 11 is 0. The minimum atomic E-state index is -0.788. The van der Waals surface area contributed by atoms with Gasteiger partial charge in [0.2, 0.25) is 5.95 Å². The number of halogens is 1. The zero-order valence-corrected chi connectivity index (χ0v) is 7.56. The Bertz CT molecular complexity index is 327. The third-order valence-electron chi connectivity index (χ3n) is 2.21. The molecule has 1 atom stereocenters. The van der Waals surface area contributed by atoms with Crippen molar-refractivity contribution in [3.8, 4) is 0 Å². The van der Waals surface area contributed by atoms with E-state index in [0.29, 0.717) is 37.3 Å². The van der Waals surface area contributed by atoms with E-state index in [-0.39, 0.29) is 0 Å². The van der Waals surface area contributed by atoms with Crippen molar-refractivity contribution in [2.24, 2.45) is 0 Å². The van der Waals surface area contributed by atoms with Crippen LogP contribution in [-0.2, 0) is 0 Å². The molecule has 1 aromatic heterocycles. The fraction of sp³-hybridized carbons (Fsp3) is 0.444. The first-order chi connectivity index (χ1) is 6.79. The van der Waals surface area contributed by atoms with Crippen molar-refractivity contribution < 1.29 is 9.18 Å². The molecule has 2 heterocycles. The second-order valence-electron chi connectivity index (χ2n) is 3.27. The minimum absolute atomic E-state index is 0.348. The van der Waals surface area contributed by atoms with Gasteiger partial charge in [0.15, 0.2) is 6.29 Å². The molecule has 0 bridgehead atoms. The number of nitrogens with zero attached hydrogens (tertiary/aromatic N) is 3. The summed E-state index contributed by atoms with van der Waals surface area (Å²) in [6.45, 7) is 0.988. The van der Waals surface area contributed by atoms with Gasteiger partial charge in [-0.25, -0.2) is 14.4 Å². The normalized spacial score (nSPS) is 21.2. The quantitative estimate of drug-likeness (QED) is 0.656. The monoisotopic (exact) mass is 195 g/mol. The van der Waals surface area contributed by atoms with E-state index in [9.17, 15) is 9.18 Å². The first-order valence-corrected chi connectivity index (χ1v) is 4.46. The van der Waals surface area contributed by atoms with Gasteiger partial charge in [-0.15, -0.1) is 0 Å². The molecule has 5 heteroatoms. The SMILES string of the molecule is O=Cc1cnc(N2CCC(F)C2)nc1. The number of aromatic nitrogens is 2. The molecule has 1 fully saturated rings. The predicted octanol–water partition coefficient (Wildman–Crippen LogP) is 0.837. The van der Waals surface area contributed by atoms with Crippen LogP contribution in [0, 0.1) is 0 Å². The van der Waals surface area contributed by atoms with Crippen LogP contribution in [0.1, 0.15) is 16.8 Å². The summed E-state index contributed by atoms with van der Waals surface area (Å²) in [6, 6.07) is 0. The molecule has 0 N–H and O–H groups in total. The highest BCUT2D eigenvalue weighted by Crippen LogP contribution is 2.17. The molecule has 1 aliphatic rings. The Hall–Kier alpha value is -1.52. The zero-order chi connectivity index (χ0) is 9.97. The number of hydrogen-bond donors (Lipinski definition) is 0. The van der Waals surface area contributed by atoms with Crippen molar-refractivity contribution in [2.45, 2.75) is 12.6 Å². The van der Waals surface area contributed by atoms with Crippen LogP contribution in [0.4, 0.5) is 10.3 Å². The first-order valence-electron chi connectivity index (χ1n) is 4.46. The molecule has 1 aliphatic heterocycles. The summed E-state index contributed by atoms with van der Waals surface area (Å²) in [5.74, 6) is 0.496. The Kier molecular flexibility index (Phi) is 2.39. The number of carbonyl (C=O) groups is 1. The van der Waals surface area contributed by atoms with Crippen LogP contribution >= 0.6 is 0 Å². The zero-order valence-electron chi connectivity index (χ0n) is 7.56. The molecule has 1 saturated heterocycles. The van der Waals surface area contributed by atoms with E-state index >= 15 is 0 Å². The number of rotatable bonds is 2. The lowest BCUT2D eigenvalue weighted by molar-refractivity contribution is 0.112. The average Bonchev–Trinajstić information content (AvgIpc) is 2.65. The standard InChI is InChI=1S/C9H10FN3O/c10-8-1-2-13(5-8)9-11-3-7(6-14)4-12-9/h3-4,6,8H,1-2,5H2. The Morgan fingerprint density at radius 3 is 2.71 bits per heavy atom. The fourth-order valence-electron chi connectivity index (χ4n) is 1.45. The van der Waals surface area contributed by atoms with E-state index in [1.807, 2.05) is 0 Å². The topological polar surface area (TPSA) is 46.1 Å². The summed E-state index contributed by atoms with van der Waals surface area (Å²) in [6.07, 6.45) is 3.32. The van der Waals surface area contributed by atoms with Crippen LogP contribution < -0.4 is 4.90 Å². The largest absolute Gasteiger partial charge is 0.338 e. The van der Waals surface area contributed by atoms with Crippen molar-refractivity contribution in [1.82, 2.24) is 9.97 Å². The lowest BCUT2D eigenvalue weighted by Gasteiger charge is -2.13. The number of aldehydes is 1. The number of hydrogen-bond acceptors (Lipinski definition) is 4. The van der Waals surface area contributed by atoms with Crippen molar-refractivity contribution in [1.29, 1.82) is 0 Å². The van der Waals surface area contributed by atoms with E-state index in [4.69, 9.17) is 0 Å². The molecule has 74 valence electrons. The summed E-state index contributed by atoms with van der Waals surface area (Å²) < 4.78 is 12.9. The van der Waals surface area contributed by atoms with E-state index in [1.54, 1.807) is 4.90 Å². The van der Waals surface area contributed by atoms with Gasteiger partial charge in [0, 0.05) is 18.9 Å². The van der Waals surface area contributed by atoms with E-state index < -0.39 is 6.17 Å². The fourth-order valence-corrected chi connectivity index (χ4v) is 1.45. The molecular weight excluding hydrogens is 185 g/mol.